The summed E-state index contributed by atoms with van der Waals surface area (Å²) < 4.78 is 1.77. The molecular weight excluding hydrogens is 648 g/mol. The van der Waals surface area contributed by atoms with Crippen LogP contribution < -0.4 is 26.2 Å². The maximum atomic E-state index is 12.7. The molecule has 1 aliphatic carbocycles. The van der Waals surface area contributed by atoms with E-state index in [-0.39, 0.29) is 30.3 Å². The fourth-order valence-electron chi connectivity index (χ4n) is 6.98. The van der Waals surface area contributed by atoms with Crippen LogP contribution in [0.4, 0.5) is 22.4 Å². The first-order chi connectivity index (χ1) is 24.9. The number of aromatic nitrogens is 5. The number of aliphatic hydroxyl groups excluding tert-OH is 2. The van der Waals surface area contributed by atoms with Crippen molar-refractivity contribution >= 4 is 40.7 Å². The number of anilines is 3. The largest absolute Gasteiger partial charge is 0.388 e. The maximum absolute atomic E-state index is 12.7. The van der Waals surface area contributed by atoms with Crippen molar-refractivity contribution in [2.45, 2.75) is 62.4 Å². The van der Waals surface area contributed by atoms with Crippen molar-refractivity contribution in [3.8, 4) is 0 Å². The number of fused-ring (bicyclic) bond motifs is 1. The number of amides is 3. The van der Waals surface area contributed by atoms with E-state index < -0.39 is 24.3 Å². The molecule has 0 bridgehead atoms. The molecule has 14 nitrogen and oxygen atoms in total. The van der Waals surface area contributed by atoms with Gasteiger partial charge in [0, 0.05) is 44.2 Å². The number of imidazole rings is 1. The highest BCUT2D eigenvalue weighted by Crippen LogP contribution is 2.35. The first-order valence-corrected chi connectivity index (χ1v) is 17.3. The van der Waals surface area contributed by atoms with Crippen molar-refractivity contribution in [3.05, 3.63) is 103 Å². The Morgan fingerprint density at radius 3 is 2.31 bits per heavy atom. The van der Waals surface area contributed by atoms with Crippen LogP contribution in [0.25, 0.3) is 11.2 Å². The number of urea groups is 1. The average molecular weight is 691 g/mol. The van der Waals surface area contributed by atoms with Gasteiger partial charge in [-0.05, 0) is 36.1 Å². The zero-order chi connectivity index (χ0) is 35.3. The zero-order valence-corrected chi connectivity index (χ0v) is 28.3. The molecule has 2 aliphatic rings. The van der Waals surface area contributed by atoms with Crippen LogP contribution in [-0.2, 0) is 4.79 Å². The highest BCUT2D eigenvalue weighted by atomic mass is 16.3. The molecule has 14 heteroatoms. The molecule has 1 aliphatic heterocycles. The molecule has 1 saturated heterocycles. The average Bonchev–Trinajstić information content (AvgIpc) is 3.87. The lowest BCUT2D eigenvalue weighted by Gasteiger charge is -2.22. The number of nitrogens with one attached hydrogen (secondary N) is 4. The van der Waals surface area contributed by atoms with E-state index in [0.717, 1.165) is 11.1 Å². The van der Waals surface area contributed by atoms with Crippen LogP contribution in [0.2, 0.25) is 0 Å². The summed E-state index contributed by atoms with van der Waals surface area (Å²) in [6.07, 6.45) is 2.17. The summed E-state index contributed by atoms with van der Waals surface area (Å²) in [7, 11) is 0. The number of aliphatic hydroxyl groups is 2. The van der Waals surface area contributed by atoms with Crippen molar-refractivity contribution in [1.29, 1.82) is 0 Å². The molecule has 7 rings (SSSR count). The molecule has 264 valence electrons. The second-order valence-corrected chi connectivity index (χ2v) is 13.0. The summed E-state index contributed by atoms with van der Waals surface area (Å²) in [5, 5.41) is 34.3. The molecular formula is C37H42N10O4. The van der Waals surface area contributed by atoms with Gasteiger partial charge in [0.05, 0.1) is 18.4 Å². The third kappa shape index (κ3) is 7.47. The van der Waals surface area contributed by atoms with Crippen molar-refractivity contribution in [2.24, 2.45) is 0 Å². The topological polar surface area (TPSA) is 182 Å². The highest BCUT2D eigenvalue weighted by molar-refractivity contribution is 5.88. The quantitative estimate of drug-likeness (QED) is 0.120. The minimum Gasteiger partial charge on any atom is -0.388 e. The Bertz CT molecular complexity index is 1910. The monoisotopic (exact) mass is 690 g/mol. The lowest BCUT2D eigenvalue weighted by molar-refractivity contribution is -0.122. The predicted molar refractivity (Wildman–Crippen MR) is 193 cm³/mol. The summed E-state index contributed by atoms with van der Waals surface area (Å²) in [6, 6.07) is 24.1. The number of hydrogen-bond acceptors (Lipinski definition) is 10. The van der Waals surface area contributed by atoms with Crippen LogP contribution in [0, 0.1) is 0 Å². The summed E-state index contributed by atoms with van der Waals surface area (Å²) in [6.45, 7) is 3.33. The van der Waals surface area contributed by atoms with E-state index in [1.807, 2.05) is 41.3 Å². The van der Waals surface area contributed by atoms with Gasteiger partial charge >= 0.3 is 6.03 Å². The molecule has 2 fully saturated rings. The van der Waals surface area contributed by atoms with Gasteiger partial charge < -0.3 is 35.6 Å². The molecule has 4 heterocycles. The second-order valence-electron chi connectivity index (χ2n) is 13.0. The van der Waals surface area contributed by atoms with Gasteiger partial charge in [-0.3, -0.25) is 10.1 Å². The number of nitrogens with zero attached hydrogens (tertiary/aromatic N) is 6. The van der Waals surface area contributed by atoms with Crippen LogP contribution in [0.3, 0.4) is 0 Å². The van der Waals surface area contributed by atoms with E-state index in [1.54, 1.807) is 42.2 Å². The van der Waals surface area contributed by atoms with Crippen molar-refractivity contribution < 1.29 is 19.8 Å². The van der Waals surface area contributed by atoms with Crippen molar-refractivity contribution in [2.75, 3.05) is 35.2 Å². The Balaban J connectivity index is 1.19. The first-order valence-electron chi connectivity index (χ1n) is 17.3. The van der Waals surface area contributed by atoms with Gasteiger partial charge in [0.1, 0.15) is 18.0 Å². The number of carbonyl (C=O) groups is 2. The van der Waals surface area contributed by atoms with E-state index in [9.17, 15) is 19.8 Å². The minimum absolute atomic E-state index is 0.00988. The fourth-order valence-corrected chi connectivity index (χ4v) is 6.98. The van der Waals surface area contributed by atoms with E-state index in [0.29, 0.717) is 61.2 Å². The fraction of sp³-hybridized carbons (Fsp3) is 0.351. The van der Waals surface area contributed by atoms with E-state index in [4.69, 9.17) is 15.0 Å². The summed E-state index contributed by atoms with van der Waals surface area (Å²) in [5.41, 5.74) is 3.30. The third-order valence-corrected chi connectivity index (χ3v) is 9.68. The molecule has 2 aromatic carbocycles. The molecule has 1 saturated carbocycles. The Labute approximate surface area is 295 Å². The zero-order valence-electron chi connectivity index (χ0n) is 28.3. The van der Waals surface area contributed by atoms with Crippen molar-refractivity contribution in [1.82, 2.24) is 35.1 Å². The number of benzene rings is 2. The Morgan fingerprint density at radius 2 is 1.63 bits per heavy atom. The van der Waals surface area contributed by atoms with Gasteiger partial charge in [0.25, 0.3) is 0 Å². The standard InChI is InChI=1S/C37H42N10O4/c1-2-30(48)42-27-19-28(33(50)32(27)49)47-22-40-31-34(39-20-26(23-11-5-3-6-12-23)24-13-7-4-8-14-24)44-36(45-35(31)47)46-18-16-25(21-46)41-37(51)43-29-15-9-10-17-38-29/h3-15,17,22,25-28,32-33,49-50H,2,16,18-21H2,1H3,(H,42,48)(H,39,44,45)(H2,38,41,43,51)/t25-,27+,28-,32-,33+/m1/s1. The van der Waals surface area contributed by atoms with Crippen LogP contribution in [0.5, 0.6) is 0 Å². The maximum Gasteiger partial charge on any atom is 0.320 e. The van der Waals surface area contributed by atoms with Gasteiger partial charge in [0.2, 0.25) is 11.9 Å². The van der Waals surface area contributed by atoms with Crippen molar-refractivity contribution in [3.63, 3.8) is 0 Å². The smallest absolute Gasteiger partial charge is 0.320 e. The molecule has 3 amide bonds. The SMILES string of the molecule is CCC(=O)N[C@H]1C[C@@H](n2cnc3c(NCC(c4ccccc4)c4ccccc4)nc(N4CC[C@@H](NC(=O)Nc5ccccn5)C4)nc32)[C@H](O)[C@@H]1O. The molecule has 5 atom stereocenters. The summed E-state index contributed by atoms with van der Waals surface area (Å²) >= 11 is 0. The molecule has 6 N–H and O–H groups in total. The van der Waals surface area contributed by atoms with E-state index >= 15 is 0 Å². The van der Waals surface area contributed by atoms with Gasteiger partial charge in [-0.2, -0.15) is 9.97 Å². The number of rotatable bonds is 11. The van der Waals surface area contributed by atoms with Crippen LogP contribution >= 0.6 is 0 Å². The number of pyridine rings is 1. The number of hydrogen-bond donors (Lipinski definition) is 6. The predicted octanol–water partition coefficient (Wildman–Crippen LogP) is 3.43. The summed E-state index contributed by atoms with van der Waals surface area (Å²) in [5.74, 6) is 1.24. The Morgan fingerprint density at radius 1 is 0.902 bits per heavy atom. The van der Waals surface area contributed by atoms with Crippen LogP contribution in [0.1, 0.15) is 49.3 Å². The summed E-state index contributed by atoms with van der Waals surface area (Å²) in [4.78, 5) is 45.8. The molecule has 3 aromatic heterocycles. The van der Waals surface area contributed by atoms with Crippen LogP contribution in [-0.4, -0.2) is 90.6 Å². The van der Waals surface area contributed by atoms with E-state index in [2.05, 4.69) is 50.5 Å². The number of carbonyl (C=O) groups excluding carboxylic acids is 2. The Hall–Kier alpha value is -5.60. The normalized spacial score (nSPS) is 21.6. The molecule has 5 aromatic rings. The van der Waals surface area contributed by atoms with Crippen LogP contribution in [0.15, 0.2) is 91.4 Å². The van der Waals surface area contributed by atoms with E-state index in [1.165, 1.54) is 0 Å². The molecule has 51 heavy (non-hydrogen) atoms. The molecule has 0 radical (unpaired) electrons. The third-order valence-electron chi connectivity index (χ3n) is 9.68. The first kappa shape index (κ1) is 33.9. The van der Waals surface area contributed by atoms with Gasteiger partial charge in [-0.25, -0.2) is 14.8 Å². The van der Waals surface area contributed by atoms with Gasteiger partial charge in [0.15, 0.2) is 17.0 Å². The molecule has 0 unspecified atom stereocenters. The lowest BCUT2D eigenvalue weighted by atomic mass is 9.91. The Kier molecular flexibility index (Phi) is 10.0. The minimum atomic E-state index is -1.15. The lowest BCUT2D eigenvalue weighted by Crippen LogP contribution is -2.42. The second kappa shape index (κ2) is 15.1. The van der Waals surface area contributed by atoms with Gasteiger partial charge in [-0.15, -0.1) is 0 Å². The highest BCUT2D eigenvalue weighted by Gasteiger charge is 2.44. The molecule has 0 spiro atoms. The van der Waals surface area contributed by atoms with Gasteiger partial charge in [-0.1, -0.05) is 73.7 Å².